The van der Waals surface area contributed by atoms with E-state index < -0.39 is 52.3 Å². The molecule has 3 aromatic carbocycles. The molecule has 37 heavy (non-hydrogen) atoms. The van der Waals surface area contributed by atoms with Gasteiger partial charge >= 0.3 is 0 Å². The lowest BCUT2D eigenvalue weighted by Crippen LogP contribution is -2.73. The Morgan fingerprint density at radius 1 is 0.703 bits per heavy atom. The summed E-state index contributed by atoms with van der Waals surface area (Å²) in [4.78, 5) is 53.4. The highest BCUT2D eigenvalue weighted by atomic mass is 16.7. The first-order chi connectivity index (χ1) is 17.5. The zero-order valence-electron chi connectivity index (χ0n) is 19.6. The summed E-state index contributed by atoms with van der Waals surface area (Å²) in [6, 6.07) is 21.1. The number of aliphatic hydroxyl groups excluding tert-OH is 1. The van der Waals surface area contributed by atoms with Crippen molar-refractivity contribution in [3.8, 4) is 0 Å². The van der Waals surface area contributed by atoms with E-state index in [1.165, 1.54) is 72.8 Å². The number of aliphatic hydroxyl groups is 4. The highest BCUT2D eigenvalue weighted by molar-refractivity contribution is 6.16. The standard InChI is InChI=1S/C28H24O9/c1-17(29)28(36)27(35,24(33)20-15-9-4-10-16-20)26(34,23(32)19-13-7-3-8-14-19)25(37-28)22(31)21(30)18-11-5-2-6-12-18/h2-16,22,25,31,34-36H,1H3/t22?,25-,26-,27-,28?/m1/s1. The molecule has 0 aromatic heterocycles. The molecule has 4 N–H and O–H groups in total. The van der Waals surface area contributed by atoms with E-state index in [2.05, 4.69) is 0 Å². The molecule has 1 heterocycles. The normalized spacial score (nSPS) is 27.9. The van der Waals surface area contributed by atoms with Gasteiger partial charge in [-0.05, 0) is 0 Å². The molecule has 3 aromatic rings. The Hall–Kier alpha value is -3.86. The van der Waals surface area contributed by atoms with Crippen LogP contribution in [0.5, 0.6) is 0 Å². The molecule has 1 saturated heterocycles. The van der Waals surface area contributed by atoms with Crippen molar-refractivity contribution in [2.24, 2.45) is 0 Å². The highest BCUT2D eigenvalue weighted by Crippen LogP contribution is 2.50. The third kappa shape index (κ3) is 3.85. The molecule has 0 bridgehead atoms. The molecule has 0 saturated carbocycles. The Balaban J connectivity index is 1.98. The van der Waals surface area contributed by atoms with Crippen LogP contribution in [0.15, 0.2) is 91.0 Å². The highest BCUT2D eigenvalue weighted by Gasteiger charge is 2.82. The van der Waals surface area contributed by atoms with Gasteiger partial charge in [0.05, 0.1) is 0 Å². The van der Waals surface area contributed by atoms with Gasteiger partial charge in [0, 0.05) is 23.6 Å². The van der Waals surface area contributed by atoms with Crippen LogP contribution < -0.4 is 0 Å². The zero-order valence-corrected chi connectivity index (χ0v) is 19.6. The first-order valence-electron chi connectivity index (χ1n) is 11.3. The SMILES string of the molecule is CC(=O)C1(O)O[C@H](C(O)C(=O)c2ccccc2)[C@](O)(C(=O)c2ccccc2)[C@]1(O)C(=O)c1ccccc1. The first kappa shape index (κ1) is 26.2. The lowest BCUT2D eigenvalue weighted by molar-refractivity contribution is -0.241. The van der Waals surface area contributed by atoms with E-state index in [0.717, 1.165) is 6.92 Å². The molecule has 1 aliphatic heterocycles. The third-order valence-corrected chi connectivity index (χ3v) is 6.59. The maximum absolute atomic E-state index is 13.8. The third-order valence-electron chi connectivity index (χ3n) is 6.59. The predicted molar refractivity (Wildman–Crippen MR) is 129 cm³/mol. The number of rotatable bonds is 8. The van der Waals surface area contributed by atoms with Crippen molar-refractivity contribution in [3.63, 3.8) is 0 Å². The summed E-state index contributed by atoms with van der Waals surface area (Å²) in [6.45, 7) is 0.768. The summed E-state index contributed by atoms with van der Waals surface area (Å²) in [5.74, 6) is -8.70. The largest absolute Gasteiger partial charge is 0.382 e. The van der Waals surface area contributed by atoms with Crippen LogP contribution in [-0.2, 0) is 9.53 Å². The van der Waals surface area contributed by atoms with Crippen molar-refractivity contribution < 1.29 is 44.3 Å². The van der Waals surface area contributed by atoms with Crippen molar-refractivity contribution in [3.05, 3.63) is 108 Å². The van der Waals surface area contributed by atoms with Crippen LogP contribution in [0, 0.1) is 0 Å². The number of hydrogen-bond acceptors (Lipinski definition) is 9. The predicted octanol–water partition coefficient (Wildman–Crippen LogP) is 1.13. The van der Waals surface area contributed by atoms with Crippen molar-refractivity contribution in [1.82, 2.24) is 0 Å². The molecule has 0 spiro atoms. The number of benzene rings is 3. The minimum absolute atomic E-state index is 0.0516. The van der Waals surface area contributed by atoms with E-state index in [1.807, 2.05) is 0 Å². The van der Waals surface area contributed by atoms with E-state index in [0.29, 0.717) is 0 Å². The molecule has 1 aliphatic rings. The number of Topliss-reactive ketones (excluding diaryl/α,β-unsaturated/α-hetero) is 4. The summed E-state index contributed by atoms with van der Waals surface area (Å²) in [5, 5.41) is 46.3. The molecule has 0 amide bonds. The fourth-order valence-corrected chi connectivity index (χ4v) is 4.59. The smallest absolute Gasteiger partial charge is 0.267 e. The lowest BCUT2D eigenvalue weighted by atomic mass is 9.66. The number of ether oxygens (including phenoxy) is 1. The summed E-state index contributed by atoms with van der Waals surface area (Å²) >= 11 is 0. The summed E-state index contributed by atoms with van der Waals surface area (Å²) in [7, 11) is 0. The van der Waals surface area contributed by atoms with Crippen LogP contribution >= 0.6 is 0 Å². The second-order valence-electron chi connectivity index (χ2n) is 8.78. The monoisotopic (exact) mass is 504 g/mol. The Bertz CT molecular complexity index is 1340. The maximum Gasteiger partial charge on any atom is 0.267 e. The average Bonchev–Trinajstić information content (AvgIpc) is 3.13. The molecule has 190 valence electrons. The van der Waals surface area contributed by atoms with Crippen LogP contribution in [0.4, 0.5) is 0 Å². The van der Waals surface area contributed by atoms with E-state index in [1.54, 1.807) is 18.2 Å². The number of carbonyl (C=O) groups is 4. The van der Waals surface area contributed by atoms with E-state index in [4.69, 9.17) is 4.74 Å². The van der Waals surface area contributed by atoms with E-state index in [-0.39, 0.29) is 16.7 Å². The molecule has 9 nitrogen and oxygen atoms in total. The van der Waals surface area contributed by atoms with E-state index >= 15 is 0 Å². The molecule has 5 atom stereocenters. The van der Waals surface area contributed by atoms with Crippen molar-refractivity contribution in [2.45, 2.75) is 36.1 Å². The second kappa shape index (κ2) is 9.55. The van der Waals surface area contributed by atoms with Gasteiger partial charge in [-0.25, -0.2) is 0 Å². The van der Waals surface area contributed by atoms with E-state index in [9.17, 15) is 39.6 Å². The van der Waals surface area contributed by atoms with Crippen LogP contribution in [0.1, 0.15) is 38.0 Å². The van der Waals surface area contributed by atoms with Crippen LogP contribution in [-0.4, -0.2) is 72.8 Å². The quantitative estimate of drug-likeness (QED) is 0.330. The molecule has 2 unspecified atom stereocenters. The van der Waals surface area contributed by atoms with Gasteiger partial charge in [-0.1, -0.05) is 91.0 Å². The van der Waals surface area contributed by atoms with Crippen LogP contribution in [0.25, 0.3) is 0 Å². The van der Waals surface area contributed by atoms with Gasteiger partial charge < -0.3 is 25.2 Å². The topological polar surface area (TPSA) is 158 Å². The van der Waals surface area contributed by atoms with Gasteiger partial charge in [0.1, 0.15) is 12.2 Å². The Morgan fingerprint density at radius 2 is 1.11 bits per heavy atom. The fourth-order valence-electron chi connectivity index (χ4n) is 4.59. The molecule has 9 heteroatoms. The summed E-state index contributed by atoms with van der Waals surface area (Å²) < 4.78 is 5.32. The Kier molecular flexibility index (Phi) is 6.76. The van der Waals surface area contributed by atoms with Gasteiger partial charge in [0.2, 0.25) is 17.2 Å². The number of hydrogen-bond donors (Lipinski definition) is 4. The van der Waals surface area contributed by atoms with Crippen molar-refractivity contribution in [2.75, 3.05) is 0 Å². The Labute approximate surface area is 211 Å². The van der Waals surface area contributed by atoms with Gasteiger partial charge in [0.25, 0.3) is 5.79 Å². The molecule has 4 rings (SSSR count). The molecule has 0 aliphatic carbocycles. The fraction of sp³-hybridized carbons (Fsp3) is 0.214. The van der Waals surface area contributed by atoms with Gasteiger partial charge in [0.15, 0.2) is 17.2 Å². The van der Waals surface area contributed by atoms with Gasteiger partial charge in [-0.15, -0.1) is 0 Å². The minimum Gasteiger partial charge on any atom is -0.382 e. The number of ketones is 4. The molecular weight excluding hydrogens is 480 g/mol. The zero-order chi connectivity index (χ0) is 27.0. The second-order valence-corrected chi connectivity index (χ2v) is 8.78. The average molecular weight is 504 g/mol. The molecular formula is C28H24O9. The van der Waals surface area contributed by atoms with Gasteiger partial charge in [-0.3, -0.25) is 19.2 Å². The molecule has 1 fully saturated rings. The van der Waals surface area contributed by atoms with Crippen molar-refractivity contribution in [1.29, 1.82) is 0 Å². The first-order valence-corrected chi connectivity index (χ1v) is 11.3. The molecule has 0 radical (unpaired) electrons. The summed E-state index contributed by atoms with van der Waals surface area (Å²) in [5.41, 5.74) is -7.74. The lowest BCUT2D eigenvalue weighted by Gasteiger charge is -2.40. The number of carbonyl (C=O) groups excluding carboxylic acids is 4. The Morgan fingerprint density at radius 3 is 1.54 bits per heavy atom. The van der Waals surface area contributed by atoms with Crippen LogP contribution in [0.2, 0.25) is 0 Å². The van der Waals surface area contributed by atoms with Crippen LogP contribution in [0.3, 0.4) is 0 Å². The van der Waals surface area contributed by atoms with Gasteiger partial charge in [-0.2, -0.15) is 0 Å². The maximum atomic E-state index is 13.8. The minimum atomic E-state index is -3.66. The summed E-state index contributed by atoms with van der Waals surface area (Å²) in [6.07, 6.45) is -4.82. The van der Waals surface area contributed by atoms with Crippen molar-refractivity contribution >= 4 is 23.1 Å².